The number of nitrogens with zero attached hydrogens (tertiary/aromatic N) is 4. The van der Waals surface area contributed by atoms with Crippen molar-refractivity contribution in [2.24, 2.45) is 0 Å². The Morgan fingerprint density at radius 2 is 1.77 bits per heavy atom. The van der Waals surface area contributed by atoms with Crippen molar-refractivity contribution in [2.75, 3.05) is 31.1 Å². The Hall–Kier alpha value is -2.96. The fourth-order valence-corrected chi connectivity index (χ4v) is 2.87. The van der Waals surface area contributed by atoms with Gasteiger partial charge in [-0.05, 0) is 12.5 Å². The summed E-state index contributed by atoms with van der Waals surface area (Å²) in [6.07, 6.45) is 1.41. The number of piperazine rings is 1. The normalized spacial score (nSPS) is 14.2. The average molecular weight is 353 g/mol. The standard InChI is InChI=1S/C19H23N5O2/c1-14-3-5-16(6-4-14)12-20-19(26)17-11-18(22-13-21-17)24-9-7-23(8-10-24)15(2)25/h3-6,11,13H,7-10,12H2,1-2H3,(H,20,26). The molecule has 0 bridgehead atoms. The number of anilines is 1. The smallest absolute Gasteiger partial charge is 0.270 e. The molecule has 2 aromatic rings. The van der Waals surface area contributed by atoms with Gasteiger partial charge in [-0.15, -0.1) is 0 Å². The molecule has 0 atom stereocenters. The molecule has 7 nitrogen and oxygen atoms in total. The van der Waals surface area contributed by atoms with Crippen molar-refractivity contribution >= 4 is 17.6 Å². The summed E-state index contributed by atoms with van der Waals surface area (Å²) in [5, 5.41) is 2.89. The minimum absolute atomic E-state index is 0.0866. The van der Waals surface area contributed by atoms with Crippen molar-refractivity contribution in [1.29, 1.82) is 0 Å². The Morgan fingerprint density at radius 1 is 1.08 bits per heavy atom. The number of rotatable bonds is 4. The molecule has 1 N–H and O–H groups in total. The van der Waals surface area contributed by atoms with E-state index >= 15 is 0 Å². The summed E-state index contributed by atoms with van der Waals surface area (Å²) >= 11 is 0. The molecule has 136 valence electrons. The van der Waals surface area contributed by atoms with Gasteiger partial charge in [0.2, 0.25) is 5.91 Å². The van der Waals surface area contributed by atoms with Gasteiger partial charge in [-0.2, -0.15) is 0 Å². The number of carbonyl (C=O) groups is 2. The monoisotopic (exact) mass is 353 g/mol. The Balaban J connectivity index is 1.60. The lowest BCUT2D eigenvalue weighted by atomic mass is 10.1. The third kappa shape index (κ3) is 4.36. The zero-order chi connectivity index (χ0) is 18.5. The summed E-state index contributed by atoms with van der Waals surface area (Å²) in [6, 6.07) is 9.73. The molecule has 2 amide bonds. The van der Waals surface area contributed by atoms with Crippen LogP contribution in [0.25, 0.3) is 0 Å². The zero-order valence-electron chi connectivity index (χ0n) is 15.1. The van der Waals surface area contributed by atoms with Gasteiger partial charge in [0.25, 0.3) is 5.91 Å². The van der Waals surface area contributed by atoms with E-state index in [2.05, 4.69) is 20.2 Å². The van der Waals surface area contributed by atoms with Gasteiger partial charge in [0.15, 0.2) is 0 Å². The van der Waals surface area contributed by atoms with E-state index in [1.54, 1.807) is 13.0 Å². The van der Waals surface area contributed by atoms with Crippen LogP contribution in [0, 0.1) is 6.92 Å². The molecule has 0 unspecified atom stereocenters. The first kappa shape index (κ1) is 17.8. The molecule has 7 heteroatoms. The Bertz CT molecular complexity index is 783. The Morgan fingerprint density at radius 3 is 2.42 bits per heavy atom. The number of nitrogens with one attached hydrogen (secondary N) is 1. The van der Waals surface area contributed by atoms with Crippen LogP contribution < -0.4 is 10.2 Å². The third-order valence-electron chi connectivity index (χ3n) is 4.51. The second-order valence-corrected chi connectivity index (χ2v) is 6.42. The molecule has 0 aliphatic carbocycles. The van der Waals surface area contributed by atoms with Gasteiger partial charge in [-0.25, -0.2) is 9.97 Å². The number of amides is 2. The first-order chi connectivity index (χ1) is 12.5. The highest BCUT2D eigenvalue weighted by molar-refractivity contribution is 5.92. The average Bonchev–Trinajstić information content (AvgIpc) is 2.67. The molecule has 3 rings (SSSR count). The molecule has 1 aromatic heterocycles. The van der Waals surface area contributed by atoms with E-state index in [1.165, 1.54) is 11.9 Å². The van der Waals surface area contributed by atoms with Gasteiger partial charge in [0.1, 0.15) is 17.8 Å². The van der Waals surface area contributed by atoms with Crippen molar-refractivity contribution in [2.45, 2.75) is 20.4 Å². The molecule has 26 heavy (non-hydrogen) atoms. The van der Waals surface area contributed by atoms with Gasteiger partial charge in [0, 0.05) is 45.7 Å². The molecule has 0 saturated carbocycles. The van der Waals surface area contributed by atoms with Crippen LogP contribution in [0.3, 0.4) is 0 Å². The predicted molar refractivity (Wildman–Crippen MR) is 98.8 cm³/mol. The SMILES string of the molecule is CC(=O)N1CCN(c2cc(C(=O)NCc3ccc(C)cc3)ncn2)CC1. The van der Waals surface area contributed by atoms with Crippen LogP contribution in [0.1, 0.15) is 28.5 Å². The molecule has 1 aliphatic rings. The first-order valence-corrected chi connectivity index (χ1v) is 8.69. The van der Waals surface area contributed by atoms with Crippen molar-refractivity contribution in [1.82, 2.24) is 20.2 Å². The van der Waals surface area contributed by atoms with Gasteiger partial charge in [0.05, 0.1) is 0 Å². The van der Waals surface area contributed by atoms with Crippen LogP contribution >= 0.6 is 0 Å². The Labute approximate surface area is 153 Å². The number of hydrogen-bond acceptors (Lipinski definition) is 5. The Kier molecular flexibility index (Phi) is 5.46. The molecule has 1 fully saturated rings. The van der Waals surface area contributed by atoms with Crippen LogP contribution in [-0.4, -0.2) is 52.9 Å². The van der Waals surface area contributed by atoms with Crippen molar-refractivity contribution < 1.29 is 9.59 Å². The van der Waals surface area contributed by atoms with E-state index in [9.17, 15) is 9.59 Å². The minimum Gasteiger partial charge on any atom is -0.353 e. The maximum Gasteiger partial charge on any atom is 0.270 e. The summed E-state index contributed by atoms with van der Waals surface area (Å²) in [7, 11) is 0. The maximum atomic E-state index is 12.4. The van der Waals surface area contributed by atoms with Gasteiger partial charge >= 0.3 is 0 Å². The molecule has 0 radical (unpaired) electrons. The van der Waals surface area contributed by atoms with Gasteiger partial charge in [-0.3, -0.25) is 9.59 Å². The largest absolute Gasteiger partial charge is 0.353 e. The van der Waals surface area contributed by atoms with Crippen molar-refractivity contribution in [3.05, 3.63) is 53.5 Å². The van der Waals surface area contributed by atoms with E-state index in [0.29, 0.717) is 44.2 Å². The highest BCUT2D eigenvalue weighted by atomic mass is 16.2. The molecule has 2 heterocycles. The summed E-state index contributed by atoms with van der Waals surface area (Å²) in [5.74, 6) is 0.573. The molecule has 0 spiro atoms. The number of aryl methyl sites for hydroxylation is 1. The number of carbonyl (C=O) groups excluding carboxylic acids is 2. The summed E-state index contributed by atoms with van der Waals surface area (Å²) in [4.78, 5) is 36.1. The lowest BCUT2D eigenvalue weighted by Gasteiger charge is -2.34. The number of benzene rings is 1. The quantitative estimate of drug-likeness (QED) is 0.898. The fourth-order valence-electron chi connectivity index (χ4n) is 2.87. The highest BCUT2D eigenvalue weighted by Gasteiger charge is 2.20. The van der Waals surface area contributed by atoms with Crippen molar-refractivity contribution in [3.63, 3.8) is 0 Å². The molecule has 1 saturated heterocycles. The van der Waals surface area contributed by atoms with Crippen molar-refractivity contribution in [3.8, 4) is 0 Å². The van der Waals surface area contributed by atoms with E-state index < -0.39 is 0 Å². The third-order valence-corrected chi connectivity index (χ3v) is 4.51. The maximum absolute atomic E-state index is 12.4. The fraction of sp³-hybridized carbons (Fsp3) is 0.368. The number of aromatic nitrogens is 2. The van der Waals surface area contributed by atoms with E-state index in [-0.39, 0.29) is 11.8 Å². The molecular weight excluding hydrogens is 330 g/mol. The van der Waals surface area contributed by atoms with Gasteiger partial charge < -0.3 is 15.1 Å². The van der Waals surface area contributed by atoms with Crippen LogP contribution in [0.4, 0.5) is 5.82 Å². The lowest BCUT2D eigenvalue weighted by Crippen LogP contribution is -2.48. The van der Waals surface area contributed by atoms with E-state index in [1.807, 2.05) is 36.1 Å². The second-order valence-electron chi connectivity index (χ2n) is 6.42. The molecular formula is C19H23N5O2. The lowest BCUT2D eigenvalue weighted by molar-refractivity contribution is -0.129. The minimum atomic E-state index is -0.225. The van der Waals surface area contributed by atoms with Gasteiger partial charge in [-0.1, -0.05) is 29.8 Å². The summed E-state index contributed by atoms with van der Waals surface area (Å²) < 4.78 is 0. The van der Waals surface area contributed by atoms with E-state index in [0.717, 1.165) is 5.56 Å². The zero-order valence-corrected chi connectivity index (χ0v) is 15.1. The van der Waals surface area contributed by atoms with E-state index in [4.69, 9.17) is 0 Å². The first-order valence-electron chi connectivity index (χ1n) is 8.69. The van der Waals surface area contributed by atoms with Crippen LogP contribution in [0.15, 0.2) is 36.7 Å². The highest BCUT2D eigenvalue weighted by Crippen LogP contribution is 2.14. The summed E-state index contributed by atoms with van der Waals surface area (Å²) in [5.41, 5.74) is 2.57. The topological polar surface area (TPSA) is 78.4 Å². The predicted octanol–water partition coefficient (Wildman–Crippen LogP) is 1.38. The molecule has 1 aliphatic heterocycles. The van der Waals surface area contributed by atoms with Crippen LogP contribution in [-0.2, 0) is 11.3 Å². The van der Waals surface area contributed by atoms with Crippen LogP contribution in [0.5, 0.6) is 0 Å². The number of hydrogen-bond donors (Lipinski definition) is 1. The molecule has 1 aromatic carbocycles. The summed E-state index contributed by atoms with van der Waals surface area (Å²) in [6.45, 7) is 6.78. The second kappa shape index (κ2) is 7.95. The van der Waals surface area contributed by atoms with Crippen LogP contribution in [0.2, 0.25) is 0 Å².